The summed E-state index contributed by atoms with van der Waals surface area (Å²) in [5, 5.41) is 7.03. The molecule has 166 valence electrons. The lowest BCUT2D eigenvalue weighted by atomic mass is 9.85. The number of rotatable bonds is 3. The van der Waals surface area contributed by atoms with E-state index in [1.54, 1.807) is 6.08 Å². The molecule has 1 fully saturated rings. The fourth-order valence-corrected chi connectivity index (χ4v) is 4.57. The van der Waals surface area contributed by atoms with Crippen LogP contribution in [0.25, 0.3) is 0 Å². The maximum atomic E-state index is 9.62. The molecule has 3 heterocycles. The first kappa shape index (κ1) is 22.5. The second kappa shape index (κ2) is 9.31. The zero-order valence-electron chi connectivity index (χ0n) is 17.4. The fourth-order valence-electron chi connectivity index (χ4n) is 4.47. The highest BCUT2D eigenvalue weighted by Crippen LogP contribution is 2.33. The van der Waals surface area contributed by atoms with Gasteiger partial charge < -0.3 is 31.7 Å². The number of benzene rings is 1. The van der Waals surface area contributed by atoms with Crippen molar-refractivity contribution in [2.75, 3.05) is 26.6 Å². The molecule has 9 heteroatoms. The Hall–Kier alpha value is -2.19. The van der Waals surface area contributed by atoms with Crippen LogP contribution in [0.2, 0.25) is 0 Å². The standard InChI is InChI=1S/C20H28ClN5O.CH2F2/c1-20(2)16-4-3-14(7-12(16)5-6-25-20)27-15-8-13-10-24-19(23)17(9-18(21)22)26(13)11-15;2-1-3/h3-4,7,9,13,15,24-25H,5-6,8,10-11,22-23H2,1-2H3;1H2/b18-9-;. The normalized spacial score (nSPS) is 25.0. The zero-order valence-corrected chi connectivity index (χ0v) is 18.1. The molecule has 0 radical (unpaired) electrons. The van der Waals surface area contributed by atoms with Crippen molar-refractivity contribution >= 4 is 11.6 Å². The molecule has 0 aliphatic carbocycles. The van der Waals surface area contributed by atoms with Crippen LogP contribution in [0.4, 0.5) is 8.78 Å². The molecule has 2 unspecified atom stereocenters. The van der Waals surface area contributed by atoms with Crippen LogP contribution in [-0.4, -0.2) is 43.6 Å². The predicted molar refractivity (Wildman–Crippen MR) is 115 cm³/mol. The van der Waals surface area contributed by atoms with Crippen molar-refractivity contribution < 1.29 is 13.5 Å². The Kier molecular flexibility index (Phi) is 6.98. The maximum Gasteiger partial charge on any atom is 0.229 e. The Balaban J connectivity index is 0.000000806. The molecule has 3 aliphatic heterocycles. The number of nitrogens with two attached hydrogens (primary N) is 2. The number of fused-ring (bicyclic) bond motifs is 2. The molecule has 0 aromatic heterocycles. The van der Waals surface area contributed by atoms with Crippen molar-refractivity contribution in [1.82, 2.24) is 15.5 Å². The molecule has 1 saturated heterocycles. The van der Waals surface area contributed by atoms with Crippen LogP contribution in [0.1, 0.15) is 31.4 Å². The van der Waals surface area contributed by atoms with Gasteiger partial charge in [0.2, 0.25) is 6.93 Å². The van der Waals surface area contributed by atoms with Crippen LogP contribution in [0.15, 0.2) is 40.9 Å². The van der Waals surface area contributed by atoms with E-state index in [2.05, 4.69) is 47.6 Å². The van der Waals surface area contributed by atoms with Gasteiger partial charge in [0.25, 0.3) is 0 Å². The molecule has 2 atom stereocenters. The van der Waals surface area contributed by atoms with Crippen molar-refractivity contribution in [3.05, 3.63) is 52.1 Å². The fraction of sp³-hybridized carbons (Fsp3) is 0.524. The van der Waals surface area contributed by atoms with E-state index in [0.717, 1.165) is 43.9 Å². The first-order valence-electron chi connectivity index (χ1n) is 10.0. The summed E-state index contributed by atoms with van der Waals surface area (Å²) in [6.45, 7) is 5.26. The SMILES string of the molecule is CC1(C)NCCc2cc(OC3CC4CNC(N)=C(/C=C(\N)Cl)N4C3)ccc21.FCF. The molecule has 6 nitrogen and oxygen atoms in total. The van der Waals surface area contributed by atoms with Crippen LogP contribution < -0.4 is 26.8 Å². The van der Waals surface area contributed by atoms with Crippen molar-refractivity contribution in [1.29, 1.82) is 0 Å². The highest BCUT2D eigenvalue weighted by Gasteiger charge is 2.37. The van der Waals surface area contributed by atoms with E-state index in [9.17, 15) is 8.78 Å². The van der Waals surface area contributed by atoms with Crippen LogP contribution in [0, 0.1) is 0 Å². The maximum absolute atomic E-state index is 9.62. The summed E-state index contributed by atoms with van der Waals surface area (Å²) in [5.41, 5.74) is 15.4. The molecule has 1 aromatic rings. The number of halogens is 3. The monoisotopic (exact) mass is 441 g/mol. The largest absolute Gasteiger partial charge is 0.488 e. The third-order valence-electron chi connectivity index (χ3n) is 5.78. The van der Waals surface area contributed by atoms with Crippen molar-refractivity contribution in [2.24, 2.45) is 11.5 Å². The third kappa shape index (κ3) is 4.92. The lowest BCUT2D eigenvalue weighted by Crippen LogP contribution is -2.45. The number of alkyl halides is 2. The highest BCUT2D eigenvalue weighted by atomic mass is 35.5. The molecule has 30 heavy (non-hydrogen) atoms. The molecule has 1 aromatic carbocycles. The van der Waals surface area contributed by atoms with Gasteiger partial charge in [-0.2, -0.15) is 0 Å². The summed E-state index contributed by atoms with van der Waals surface area (Å²) in [4.78, 5) is 2.25. The molecular formula is C21H30ClF2N5O. The van der Waals surface area contributed by atoms with Crippen LogP contribution in [0.5, 0.6) is 5.75 Å². The summed E-state index contributed by atoms with van der Waals surface area (Å²) < 4.78 is 25.6. The van der Waals surface area contributed by atoms with Crippen LogP contribution in [0.3, 0.4) is 0 Å². The highest BCUT2D eigenvalue weighted by molar-refractivity contribution is 6.29. The lowest BCUT2D eigenvalue weighted by Gasteiger charge is -2.34. The summed E-state index contributed by atoms with van der Waals surface area (Å²) in [7, 11) is 0. The summed E-state index contributed by atoms with van der Waals surface area (Å²) >= 11 is 5.88. The first-order valence-corrected chi connectivity index (χ1v) is 10.4. The zero-order chi connectivity index (χ0) is 21.9. The molecule has 0 saturated carbocycles. The van der Waals surface area contributed by atoms with E-state index in [4.69, 9.17) is 27.8 Å². The average molecular weight is 442 g/mol. The number of hydrogen-bond donors (Lipinski definition) is 4. The third-order valence-corrected chi connectivity index (χ3v) is 5.89. The number of allylic oxidation sites excluding steroid dienone is 1. The topological polar surface area (TPSA) is 88.6 Å². The van der Waals surface area contributed by atoms with Crippen LogP contribution in [-0.2, 0) is 12.0 Å². The summed E-state index contributed by atoms with van der Waals surface area (Å²) in [6, 6.07) is 6.81. The van der Waals surface area contributed by atoms with Crippen molar-refractivity contribution in [3.8, 4) is 5.75 Å². The van der Waals surface area contributed by atoms with E-state index in [0.29, 0.717) is 11.9 Å². The van der Waals surface area contributed by atoms with Gasteiger partial charge in [-0.3, -0.25) is 0 Å². The Morgan fingerprint density at radius 3 is 2.83 bits per heavy atom. The van der Waals surface area contributed by atoms with Gasteiger partial charge in [0.05, 0.1) is 18.3 Å². The molecule has 0 bridgehead atoms. The van der Waals surface area contributed by atoms with E-state index in [-0.39, 0.29) is 16.8 Å². The van der Waals surface area contributed by atoms with Gasteiger partial charge in [-0.25, -0.2) is 8.78 Å². The molecule has 0 amide bonds. The average Bonchev–Trinajstić information content (AvgIpc) is 3.07. The Morgan fingerprint density at radius 1 is 1.40 bits per heavy atom. The van der Waals surface area contributed by atoms with Crippen molar-refractivity contribution in [2.45, 2.75) is 44.4 Å². The first-order chi connectivity index (χ1) is 14.2. The number of nitrogens with zero attached hydrogens (tertiary/aromatic N) is 1. The Bertz CT molecular complexity index is 826. The molecule has 4 rings (SSSR count). The summed E-state index contributed by atoms with van der Waals surface area (Å²) in [6.07, 6.45) is 3.79. The van der Waals surface area contributed by atoms with E-state index in [1.807, 2.05) is 0 Å². The number of nitrogens with one attached hydrogen (secondary N) is 2. The minimum Gasteiger partial charge on any atom is -0.488 e. The van der Waals surface area contributed by atoms with Gasteiger partial charge in [-0.1, -0.05) is 17.7 Å². The Morgan fingerprint density at radius 2 is 2.13 bits per heavy atom. The van der Waals surface area contributed by atoms with Crippen LogP contribution >= 0.6 is 11.6 Å². The molecular weight excluding hydrogens is 412 g/mol. The second-order valence-electron chi connectivity index (χ2n) is 8.21. The lowest BCUT2D eigenvalue weighted by molar-refractivity contribution is 0.209. The number of hydrogen-bond acceptors (Lipinski definition) is 6. The number of ether oxygens (including phenoxy) is 1. The second-order valence-corrected chi connectivity index (χ2v) is 8.65. The minimum atomic E-state index is -1.75. The predicted octanol–water partition coefficient (Wildman–Crippen LogP) is 2.54. The van der Waals surface area contributed by atoms with Crippen molar-refractivity contribution in [3.63, 3.8) is 0 Å². The minimum absolute atomic E-state index is 0.0108. The van der Waals surface area contributed by atoms with E-state index < -0.39 is 6.93 Å². The van der Waals surface area contributed by atoms with Gasteiger partial charge >= 0.3 is 0 Å². The molecule has 0 spiro atoms. The van der Waals surface area contributed by atoms with Gasteiger partial charge in [-0.05, 0) is 56.1 Å². The van der Waals surface area contributed by atoms with Gasteiger partial charge in [0.15, 0.2) is 0 Å². The van der Waals surface area contributed by atoms with E-state index in [1.165, 1.54) is 11.1 Å². The summed E-state index contributed by atoms with van der Waals surface area (Å²) in [5.74, 6) is 1.55. The van der Waals surface area contributed by atoms with Gasteiger partial charge in [0, 0.05) is 18.5 Å². The molecule has 3 aliphatic rings. The molecule has 6 N–H and O–H groups in total. The Labute approximate surface area is 181 Å². The smallest absolute Gasteiger partial charge is 0.229 e. The van der Waals surface area contributed by atoms with Gasteiger partial charge in [0.1, 0.15) is 22.8 Å². The van der Waals surface area contributed by atoms with E-state index >= 15 is 0 Å². The quantitative estimate of drug-likeness (QED) is 0.539. The van der Waals surface area contributed by atoms with Gasteiger partial charge in [-0.15, -0.1) is 0 Å².